The van der Waals surface area contributed by atoms with E-state index in [1.807, 2.05) is 37.8 Å². The number of likely N-dealkylation sites (tertiary alicyclic amines) is 1. The molecule has 1 atom stereocenters. The van der Waals surface area contributed by atoms with Crippen molar-refractivity contribution >= 4 is 22.0 Å². The van der Waals surface area contributed by atoms with Crippen LogP contribution in [0.25, 0.3) is 0 Å². The zero-order valence-electron chi connectivity index (χ0n) is 12.8. The molecule has 1 fully saturated rings. The molecule has 5 nitrogen and oxygen atoms in total. The van der Waals surface area contributed by atoms with E-state index in [4.69, 9.17) is 9.15 Å². The molecule has 0 spiro atoms. The van der Waals surface area contributed by atoms with Crippen LogP contribution >= 0.6 is 15.9 Å². The second-order valence-electron chi connectivity index (χ2n) is 6.31. The number of carbonyl (C=O) groups is 1. The fourth-order valence-electron chi connectivity index (χ4n) is 2.42. The molecular weight excluding hydrogens is 336 g/mol. The Morgan fingerprint density at radius 1 is 1.52 bits per heavy atom. The number of hydrogen-bond acceptors (Lipinski definition) is 4. The molecule has 21 heavy (non-hydrogen) atoms. The van der Waals surface area contributed by atoms with Gasteiger partial charge in [0.15, 0.2) is 4.67 Å². The van der Waals surface area contributed by atoms with Crippen LogP contribution in [0.4, 0.5) is 4.79 Å². The Bertz CT molecular complexity index is 482. The summed E-state index contributed by atoms with van der Waals surface area (Å²) in [5.41, 5.74) is -0.446. The van der Waals surface area contributed by atoms with Gasteiger partial charge in [0.2, 0.25) is 0 Å². The first-order valence-electron chi connectivity index (χ1n) is 7.30. The number of nitrogens with zero attached hydrogens (tertiary/aromatic N) is 1. The molecule has 0 radical (unpaired) electrons. The third-order valence-corrected chi connectivity index (χ3v) is 3.74. The lowest BCUT2D eigenvalue weighted by molar-refractivity contribution is 0.0226. The van der Waals surface area contributed by atoms with Gasteiger partial charge in [-0.1, -0.05) is 0 Å². The minimum Gasteiger partial charge on any atom is -0.453 e. The van der Waals surface area contributed by atoms with Gasteiger partial charge < -0.3 is 19.4 Å². The number of amides is 1. The standard InChI is InChI=1S/C15H23BrN2O3/c1-15(2,3)21-14(19)18-8-4-5-11(18)9-17-10-12-6-7-13(16)20-12/h6-7,11,17H,4-5,8-10H2,1-3H3. The maximum atomic E-state index is 12.2. The van der Waals surface area contributed by atoms with Crippen LogP contribution in [0.15, 0.2) is 21.2 Å². The molecule has 6 heteroatoms. The zero-order chi connectivity index (χ0) is 15.5. The van der Waals surface area contributed by atoms with Crippen molar-refractivity contribution in [3.8, 4) is 0 Å². The smallest absolute Gasteiger partial charge is 0.410 e. The molecule has 1 aliphatic rings. The molecule has 0 saturated carbocycles. The lowest BCUT2D eigenvalue weighted by Crippen LogP contribution is -2.43. The van der Waals surface area contributed by atoms with Gasteiger partial charge in [0.25, 0.3) is 0 Å². The van der Waals surface area contributed by atoms with Crippen LogP contribution in [0.2, 0.25) is 0 Å². The Kier molecular flexibility index (Phi) is 5.32. The van der Waals surface area contributed by atoms with Crippen LogP contribution in [0.3, 0.4) is 0 Å². The van der Waals surface area contributed by atoms with Crippen molar-refractivity contribution in [3.05, 3.63) is 22.6 Å². The summed E-state index contributed by atoms with van der Waals surface area (Å²) in [6.45, 7) is 7.85. The topological polar surface area (TPSA) is 54.7 Å². The number of ether oxygens (including phenoxy) is 1. The molecule has 0 bridgehead atoms. The van der Waals surface area contributed by atoms with Crippen LogP contribution in [-0.2, 0) is 11.3 Å². The first-order valence-corrected chi connectivity index (χ1v) is 8.09. The number of hydrogen-bond donors (Lipinski definition) is 1. The highest BCUT2D eigenvalue weighted by atomic mass is 79.9. The van der Waals surface area contributed by atoms with Crippen molar-refractivity contribution in [3.63, 3.8) is 0 Å². The summed E-state index contributed by atoms with van der Waals surface area (Å²) in [6, 6.07) is 4.00. The van der Waals surface area contributed by atoms with Gasteiger partial charge in [0.1, 0.15) is 11.4 Å². The van der Waals surface area contributed by atoms with Gasteiger partial charge >= 0.3 is 6.09 Å². The molecule has 118 valence electrons. The van der Waals surface area contributed by atoms with Crippen LogP contribution in [-0.4, -0.2) is 35.7 Å². The van der Waals surface area contributed by atoms with E-state index in [1.54, 1.807) is 0 Å². The molecular formula is C15H23BrN2O3. The Labute approximate surface area is 134 Å². The van der Waals surface area contributed by atoms with E-state index in [2.05, 4.69) is 21.2 Å². The number of rotatable bonds is 4. The van der Waals surface area contributed by atoms with Crippen LogP contribution in [0, 0.1) is 0 Å². The lowest BCUT2D eigenvalue weighted by atomic mass is 10.2. The molecule has 1 amide bonds. The van der Waals surface area contributed by atoms with Crippen LogP contribution in [0.5, 0.6) is 0 Å². The van der Waals surface area contributed by atoms with Gasteiger partial charge in [-0.15, -0.1) is 0 Å². The Morgan fingerprint density at radius 3 is 2.90 bits per heavy atom. The van der Waals surface area contributed by atoms with Crippen molar-refractivity contribution < 1.29 is 13.9 Å². The number of nitrogens with one attached hydrogen (secondary N) is 1. The second kappa shape index (κ2) is 6.83. The minimum atomic E-state index is -0.446. The average molecular weight is 359 g/mol. The summed E-state index contributed by atoms with van der Waals surface area (Å²) in [4.78, 5) is 14.0. The summed E-state index contributed by atoms with van der Waals surface area (Å²) in [5.74, 6) is 0.878. The highest BCUT2D eigenvalue weighted by Gasteiger charge is 2.31. The Balaban J connectivity index is 1.80. The summed E-state index contributed by atoms with van der Waals surface area (Å²) < 4.78 is 11.6. The van der Waals surface area contributed by atoms with Crippen molar-refractivity contribution in [2.45, 2.75) is 51.8 Å². The zero-order valence-corrected chi connectivity index (χ0v) is 14.4. The van der Waals surface area contributed by atoms with E-state index < -0.39 is 5.60 Å². The van der Waals surface area contributed by atoms with Crippen molar-refractivity contribution in [2.75, 3.05) is 13.1 Å². The van der Waals surface area contributed by atoms with Crippen molar-refractivity contribution in [1.29, 1.82) is 0 Å². The summed E-state index contributed by atoms with van der Waals surface area (Å²) in [6.07, 6.45) is 1.82. The number of carbonyl (C=O) groups excluding carboxylic acids is 1. The highest BCUT2D eigenvalue weighted by molar-refractivity contribution is 9.10. The largest absolute Gasteiger partial charge is 0.453 e. The second-order valence-corrected chi connectivity index (χ2v) is 7.09. The maximum Gasteiger partial charge on any atom is 0.410 e. The molecule has 1 N–H and O–H groups in total. The molecule has 1 unspecified atom stereocenters. The van der Waals surface area contributed by atoms with Gasteiger partial charge in [-0.3, -0.25) is 0 Å². The molecule has 0 aromatic carbocycles. The Morgan fingerprint density at radius 2 is 2.29 bits per heavy atom. The van der Waals surface area contributed by atoms with E-state index in [9.17, 15) is 4.79 Å². The monoisotopic (exact) mass is 358 g/mol. The highest BCUT2D eigenvalue weighted by Crippen LogP contribution is 2.20. The Hall–Kier alpha value is -1.01. The normalized spacial score (nSPS) is 19.0. The van der Waals surface area contributed by atoms with Gasteiger partial charge in [0, 0.05) is 19.1 Å². The minimum absolute atomic E-state index is 0.193. The van der Waals surface area contributed by atoms with Crippen molar-refractivity contribution in [1.82, 2.24) is 10.2 Å². The van der Waals surface area contributed by atoms with E-state index in [0.717, 1.165) is 36.4 Å². The molecule has 2 heterocycles. The fourth-order valence-corrected chi connectivity index (χ4v) is 2.76. The van der Waals surface area contributed by atoms with Gasteiger partial charge in [-0.2, -0.15) is 0 Å². The predicted molar refractivity (Wildman–Crippen MR) is 84.1 cm³/mol. The maximum absolute atomic E-state index is 12.2. The first-order chi connectivity index (χ1) is 9.85. The van der Waals surface area contributed by atoms with Gasteiger partial charge in [0.05, 0.1) is 6.54 Å². The van der Waals surface area contributed by atoms with Gasteiger partial charge in [-0.05, 0) is 61.7 Å². The predicted octanol–water partition coefficient (Wildman–Crippen LogP) is 3.53. The molecule has 1 aromatic rings. The lowest BCUT2D eigenvalue weighted by Gasteiger charge is -2.28. The summed E-state index contributed by atoms with van der Waals surface area (Å²) in [5, 5.41) is 3.34. The summed E-state index contributed by atoms with van der Waals surface area (Å²) >= 11 is 3.28. The SMILES string of the molecule is CC(C)(C)OC(=O)N1CCCC1CNCc1ccc(Br)o1. The molecule has 1 aliphatic heterocycles. The van der Waals surface area contributed by atoms with E-state index in [-0.39, 0.29) is 12.1 Å². The third-order valence-electron chi connectivity index (χ3n) is 3.31. The van der Waals surface area contributed by atoms with E-state index in [1.165, 1.54) is 0 Å². The van der Waals surface area contributed by atoms with E-state index in [0.29, 0.717) is 6.54 Å². The fraction of sp³-hybridized carbons (Fsp3) is 0.667. The number of furan rings is 1. The third kappa shape index (κ3) is 5.04. The molecule has 2 rings (SSSR count). The summed E-state index contributed by atoms with van der Waals surface area (Å²) in [7, 11) is 0. The quantitative estimate of drug-likeness (QED) is 0.894. The molecule has 0 aliphatic carbocycles. The van der Waals surface area contributed by atoms with Gasteiger partial charge in [-0.25, -0.2) is 4.79 Å². The molecule has 1 aromatic heterocycles. The van der Waals surface area contributed by atoms with Crippen molar-refractivity contribution in [2.24, 2.45) is 0 Å². The van der Waals surface area contributed by atoms with Crippen LogP contribution < -0.4 is 5.32 Å². The first kappa shape index (κ1) is 16.4. The molecule has 1 saturated heterocycles. The average Bonchev–Trinajstić information content (AvgIpc) is 2.96. The van der Waals surface area contributed by atoms with E-state index >= 15 is 0 Å². The van der Waals surface area contributed by atoms with Crippen LogP contribution in [0.1, 0.15) is 39.4 Å². The number of halogens is 1.